The molecular formula is C14H23N3. The smallest absolute Gasteiger partial charge is 0.126 e. The Bertz CT molecular complexity index is 330. The zero-order valence-corrected chi connectivity index (χ0v) is 10.8. The van der Waals surface area contributed by atoms with Gasteiger partial charge < -0.3 is 5.32 Å². The number of nitrogens with zero attached hydrogens (tertiary/aromatic N) is 2. The number of rotatable bonds is 4. The number of aromatic nitrogens is 1. The van der Waals surface area contributed by atoms with E-state index in [1.165, 1.54) is 44.3 Å². The van der Waals surface area contributed by atoms with Crippen molar-refractivity contribution >= 4 is 5.82 Å². The van der Waals surface area contributed by atoms with E-state index in [0.29, 0.717) is 0 Å². The zero-order valence-electron chi connectivity index (χ0n) is 10.8. The highest BCUT2D eigenvalue weighted by Gasteiger charge is 2.09. The second kappa shape index (κ2) is 6.60. The minimum absolute atomic E-state index is 0.931. The maximum atomic E-state index is 4.31. The highest BCUT2D eigenvalue weighted by Crippen LogP contribution is 2.14. The third-order valence-electron chi connectivity index (χ3n) is 3.29. The van der Waals surface area contributed by atoms with Gasteiger partial charge in [0, 0.05) is 19.3 Å². The minimum atomic E-state index is 0.931. The lowest BCUT2D eigenvalue weighted by molar-refractivity contribution is 0.277. The molecule has 3 heteroatoms. The lowest BCUT2D eigenvalue weighted by Crippen LogP contribution is -2.24. The Morgan fingerprint density at radius 2 is 2.00 bits per heavy atom. The van der Waals surface area contributed by atoms with Gasteiger partial charge in [0.1, 0.15) is 5.82 Å². The molecule has 2 heterocycles. The summed E-state index contributed by atoms with van der Waals surface area (Å²) in [6.07, 6.45) is 7.41. The third kappa shape index (κ3) is 4.00. The number of hydrogen-bond donors (Lipinski definition) is 1. The van der Waals surface area contributed by atoms with Crippen LogP contribution in [0.4, 0.5) is 5.82 Å². The Kier molecular flexibility index (Phi) is 4.80. The van der Waals surface area contributed by atoms with Crippen LogP contribution >= 0.6 is 0 Å². The van der Waals surface area contributed by atoms with Gasteiger partial charge in [-0.2, -0.15) is 0 Å². The molecule has 1 N–H and O–H groups in total. The molecule has 1 aromatic heterocycles. The van der Waals surface area contributed by atoms with Crippen molar-refractivity contribution in [1.82, 2.24) is 9.88 Å². The van der Waals surface area contributed by atoms with Crippen molar-refractivity contribution in [1.29, 1.82) is 0 Å². The Morgan fingerprint density at radius 3 is 2.71 bits per heavy atom. The summed E-state index contributed by atoms with van der Waals surface area (Å²) in [5, 5.41) is 3.27. The van der Waals surface area contributed by atoms with Crippen molar-refractivity contribution in [2.45, 2.75) is 39.2 Å². The number of likely N-dealkylation sites (tertiary alicyclic amines) is 1. The van der Waals surface area contributed by atoms with Crippen molar-refractivity contribution in [2.75, 3.05) is 25.0 Å². The molecule has 1 fully saturated rings. The Morgan fingerprint density at radius 1 is 1.24 bits per heavy atom. The van der Waals surface area contributed by atoms with Crippen molar-refractivity contribution in [3.05, 3.63) is 23.9 Å². The van der Waals surface area contributed by atoms with Gasteiger partial charge in [0.25, 0.3) is 0 Å². The fraction of sp³-hybridized carbons (Fsp3) is 0.643. The third-order valence-corrected chi connectivity index (χ3v) is 3.29. The molecule has 0 spiro atoms. The Labute approximate surface area is 104 Å². The van der Waals surface area contributed by atoms with Gasteiger partial charge in [0.05, 0.1) is 0 Å². The molecule has 3 nitrogen and oxygen atoms in total. The molecule has 17 heavy (non-hydrogen) atoms. The molecule has 0 aromatic carbocycles. The lowest BCUT2D eigenvalue weighted by atomic mass is 10.2. The maximum absolute atomic E-state index is 4.31. The highest BCUT2D eigenvalue weighted by atomic mass is 15.1. The van der Waals surface area contributed by atoms with Crippen LogP contribution in [0, 0.1) is 0 Å². The van der Waals surface area contributed by atoms with Crippen LogP contribution < -0.4 is 5.32 Å². The number of pyridine rings is 1. The highest BCUT2D eigenvalue weighted by molar-refractivity contribution is 5.37. The van der Waals surface area contributed by atoms with Crippen molar-refractivity contribution in [3.8, 4) is 0 Å². The molecule has 1 aliphatic heterocycles. The molecule has 1 saturated heterocycles. The fourth-order valence-corrected chi connectivity index (χ4v) is 2.40. The standard InChI is InChI=1S/C14H23N3/c1-2-15-14-11-13(7-8-16-14)12-17-9-5-3-4-6-10-17/h7-8,11H,2-6,9-10,12H2,1H3,(H,15,16). The zero-order chi connectivity index (χ0) is 11.9. The summed E-state index contributed by atoms with van der Waals surface area (Å²) in [5.74, 6) is 1.000. The minimum Gasteiger partial charge on any atom is -0.370 e. The molecule has 0 aliphatic carbocycles. The maximum Gasteiger partial charge on any atom is 0.126 e. The first kappa shape index (κ1) is 12.4. The molecule has 94 valence electrons. The topological polar surface area (TPSA) is 28.2 Å². The monoisotopic (exact) mass is 233 g/mol. The van der Waals surface area contributed by atoms with E-state index < -0.39 is 0 Å². The summed E-state index contributed by atoms with van der Waals surface area (Å²) in [5.41, 5.74) is 1.37. The summed E-state index contributed by atoms with van der Waals surface area (Å²) in [6, 6.07) is 4.31. The molecule has 2 rings (SSSR count). The Hall–Kier alpha value is -1.09. The van der Waals surface area contributed by atoms with E-state index in [1.54, 1.807) is 0 Å². The van der Waals surface area contributed by atoms with Gasteiger partial charge in [0.2, 0.25) is 0 Å². The lowest BCUT2D eigenvalue weighted by Gasteiger charge is -2.19. The van der Waals surface area contributed by atoms with E-state index in [2.05, 4.69) is 34.3 Å². The summed E-state index contributed by atoms with van der Waals surface area (Å²) in [4.78, 5) is 6.88. The van der Waals surface area contributed by atoms with Gasteiger partial charge in [0.15, 0.2) is 0 Å². The summed E-state index contributed by atoms with van der Waals surface area (Å²) in [7, 11) is 0. The Balaban J connectivity index is 1.94. The first-order chi connectivity index (χ1) is 8.38. The molecule has 0 bridgehead atoms. The normalized spacial score (nSPS) is 17.7. The van der Waals surface area contributed by atoms with Crippen LogP contribution in [0.15, 0.2) is 18.3 Å². The molecule has 0 radical (unpaired) electrons. The molecule has 1 aliphatic rings. The molecule has 0 amide bonds. The van der Waals surface area contributed by atoms with Crippen LogP contribution in [-0.2, 0) is 6.54 Å². The second-order valence-corrected chi connectivity index (χ2v) is 4.77. The van der Waals surface area contributed by atoms with Gasteiger partial charge >= 0.3 is 0 Å². The van der Waals surface area contributed by atoms with Crippen LogP contribution in [-0.4, -0.2) is 29.5 Å². The largest absolute Gasteiger partial charge is 0.370 e. The predicted molar refractivity (Wildman–Crippen MR) is 72.1 cm³/mol. The quantitative estimate of drug-likeness (QED) is 0.866. The summed E-state index contributed by atoms with van der Waals surface area (Å²) in [6.45, 7) is 6.60. The van der Waals surface area contributed by atoms with Gasteiger partial charge in [-0.05, 0) is 50.6 Å². The second-order valence-electron chi connectivity index (χ2n) is 4.77. The van der Waals surface area contributed by atoms with E-state index in [0.717, 1.165) is 18.9 Å². The summed E-state index contributed by atoms with van der Waals surface area (Å²) < 4.78 is 0. The molecule has 1 aromatic rings. The van der Waals surface area contributed by atoms with Gasteiger partial charge in [-0.3, -0.25) is 4.90 Å². The fourth-order valence-electron chi connectivity index (χ4n) is 2.40. The molecule has 0 saturated carbocycles. The number of anilines is 1. The first-order valence-electron chi connectivity index (χ1n) is 6.79. The van der Waals surface area contributed by atoms with E-state index in [1.807, 2.05) is 6.20 Å². The van der Waals surface area contributed by atoms with Crippen LogP contribution in [0.25, 0.3) is 0 Å². The summed E-state index contributed by atoms with van der Waals surface area (Å²) >= 11 is 0. The number of nitrogens with one attached hydrogen (secondary N) is 1. The average Bonchev–Trinajstić information content (AvgIpc) is 2.59. The van der Waals surface area contributed by atoms with E-state index in [-0.39, 0.29) is 0 Å². The van der Waals surface area contributed by atoms with Gasteiger partial charge in [-0.25, -0.2) is 4.98 Å². The number of hydrogen-bond acceptors (Lipinski definition) is 3. The molecule has 0 unspecified atom stereocenters. The van der Waals surface area contributed by atoms with E-state index >= 15 is 0 Å². The van der Waals surface area contributed by atoms with E-state index in [4.69, 9.17) is 0 Å². The van der Waals surface area contributed by atoms with Gasteiger partial charge in [-0.1, -0.05) is 12.8 Å². The van der Waals surface area contributed by atoms with Crippen LogP contribution in [0.5, 0.6) is 0 Å². The first-order valence-corrected chi connectivity index (χ1v) is 6.79. The predicted octanol–water partition coefficient (Wildman–Crippen LogP) is 2.89. The van der Waals surface area contributed by atoms with Crippen LogP contribution in [0.3, 0.4) is 0 Å². The van der Waals surface area contributed by atoms with Crippen LogP contribution in [0.1, 0.15) is 38.2 Å². The van der Waals surface area contributed by atoms with Gasteiger partial charge in [-0.15, -0.1) is 0 Å². The molecule has 0 atom stereocenters. The van der Waals surface area contributed by atoms with Crippen molar-refractivity contribution < 1.29 is 0 Å². The van der Waals surface area contributed by atoms with Crippen molar-refractivity contribution in [3.63, 3.8) is 0 Å². The van der Waals surface area contributed by atoms with E-state index in [9.17, 15) is 0 Å². The van der Waals surface area contributed by atoms with Crippen LogP contribution in [0.2, 0.25) is 0 Å². The SMILES string of the molecule is CCNc1cc(CN2CCCCCC2)ccn1. The van der Waals surface area contributed by atoms with Crippen molar-refractivity contribution in [2.24, 2.45) is 0 Å². The molecular weight excluding hydrogens is 210 g/mol. The average molecular weight is 233 g/mol.